The maximum Gasteiger partial charge on any atom is 0.236 e. The van der Waals surface area contributed by atoms with Gasteiger partial charge in [-0.15, -0.1) is 21.5 Å². The molecule has 0 fully saturated rings. The minimum Gasteiger partial charge on any atom is -0.306 e. The molecule has 9 heteroatoms. The van der Waals surface area contributed by atoms with E-state index < -0.39 is 0 Å². The van der Waals surface area contributed by atoms with Crippen LogP contribution in [-0.4, -0.2) is 31.4 Å². The maximum absolute atomic E-state index is 12.4. The third-order valence-corrected chi connectivity index (χ3v) is 6.51. The molecule has 2 heterocycles. The number of thioether (sulfide) groups is 1. The molecule has 0 saturated heterocycles. The van der Waals surface area contributed by atoms with E-state index in [1.165, 1.54) is 28.7 Å². The van der Waals surface area contributed by atoms with Crippen LogP contribution in [0.1, 0.15) is 18.3 Å². The Balaban J connectivity index is 1.35. The number of benzene rings is 2. The molecule has 0 spiro atoms. The third-order valence-electron chi connectivity index (χ3n) is 4.54. The number of amides is 1. The highest BCUT2D eigenvalue weighted by molar-refractivity contribution is 7.99. The van der Waals surface area contributed by atoms with Gasteiger partial charge in [0.05, 0.1) is 11.4 Å². The van der Waals surface area contributed by atoms with Crippen LogP contribution in [0, 0.1) is 0 Å². The minimum absolute atomic E-state index is 0.128. The average Bonchev–Trinajstić information content (AvgIpc) is 3.40. The first-order chi connectivity index (χ1) is 15.1. The Morgan fingerprint density at radius 2 is 1.90 bits per heavy atom. The highest BCUT2D eigenvalue weighted by Crippen LogP contribution is 2.26. The van der Waals surface area contributed by atoms with E-state index >= 15 is 0 Å². The van der Waals surface area contributed by atoms with Crippen LogP contribution in [0.15, 0.2) is 65.1 Å². The van der Waals surface area contributed by atoms with Gasteiger partial charge in [-0.05, 0) is 24.6 Å². The third kappa shape index (κ3) is 5.52. The summed E-state index contributed by atoms with van der Waals surface area (Å²) in [6, 6.07) is 17.6. The van der Waals surface area contributed by atoms with Crippen molar-refractivity contribution in [2.45, 2.75) is 25.0 Å². The summed E-state index contributed by atoms with van der Waals surface area (Å²) in [4.78, 5) is 16.9. The van der Waals surface area contributed by atoms with Crippen molar-refractivity contribution < 1.29 is 4.79 Å². The maximum atomic E-state index is 12.4. The van der Waals surface area contributed by atoms with Gasteiger partial charge in [0.25, 0.3) is 0 Å². The van der Waals surface area contributed by atoms with Crippen LogP contribution in [-0.2, 0) is 17.8 Å². The summed E-state index contributed by atoms with van der Waals surface area (Å²) in [7, 11) is 0. The largest absolute Gasteiger partial charge is 0.306 e. The number of nitrogens with one attached hydrogen (secondary N) is 1. The molecule has 0 radical (unpaired) electrons. The smallest absolute Gasteiger partial charge is 0.236 e. The van der Waals surface area contributed by atoms with E-state index in [0.29, 0.717) is 16.6 Å². The van der Waals surface area contributed by atoms with Gasteiger partial charge in [-0.25, -0.2) is 4.98 Å². The van der Waals surface area contributed by atoms with Crippen LogP contribution in [0.25, 0.3) is 11.3 Å². The van der Waals surface area contributed by atoms with Crippen LogP contribution in [0.2, 0.25) is 5.02 Å². The Labute approximate surface area is 193 Å². The highest BCUT2D eigenvalue weighted by atomic mass is 35.5. The molecular formula is C22H20ClN5OS2. The number of hydrogen-bond donors (Lipinski definition) is 1. The lowest BCUT2D eigenvalue weighted by molar-refractivity contribution is -0.113. The van der Waals surface area contributed by atoms with Crippen molar-refractivity contribution in [1.82, 2.24) is 19.7 Å². The first-order valence-corrected chi connectivity index (χ1v) is 12.0. The molecule has 0 unspecified atom stereocenters. The van der Waals surface area contributed by atoms with E-state index in [1.54, 1.807) is 0 Å². The predicted molar refractivity (Wildman–Crippen MR) is 127 cm³/mol. The lowest BCUT2D eigenvalue weighted by atomic mass is 10.1. The van der Waals surface area contributed by atoms with Gasteiger partial charge in [-0.2, -0.15) is 0 Å². The van der Waals surface area contributed by atoms with Crippen molar-refractivity contribution in [2.75, 3.05) is 11.1 Å². The standard InChI is InChI=1S/C22H20ClN5OS2/c1-2-28-19(12-15-6-4-3-5-7-15)26-27-22(28)31-14-20(29)25-21-24-18(13-30-21)16-8-10-17(23)11-9-16/h3-11,13H,2,12,14H2,1H3,(H,24,25,29). The molecule has 6 nitrogen and oxygen atoms in total. The Morgan fingerprint density at radius 3 is 2.65 bits per heavy atom. The lowest BCUT2D eigenvalue weighted by Gasteiger charge is -2.07. The zero-order valence-electron chi connectivity index (χ0n) is 16.8. The van der Waals surface area contributed by atoms with Gasteiger partial charge in [0.1, 0.15) is 5.82 Å². The van der Waals surface area contributed by atoms with Gasteiger partial charge in [-0.3, -0.25) is 4.79 Å². The van der Waals surface area contributed by atoms with Crippen LogP contribution >= 0.6 is 34.7 Å². The molecule has 0 aliphatic carbocycles. The van der Waals surface area contributed by atoms with Crippen molar-refractivity contribution >= 4 is 45.7 Å². The fraction of sp³-hybridized carbons (Fsp3) is 0.182. The van der Waals surface area contributed by atoms with Crippen LogP contribution < -0.4 is 5.32 Å². The second kappa shape index (κ2) is 10.1. The van der Waals surface area contributed by atoms with Gasteiger partial charge >= 0.3 is 0 Å². The molecule has 2 aromatic heterocycles. The van der Waals surface area contributed by atoms with E-state index in [0.717, 1.165) is 28.8 Å². The lowest BCUT2D eigenvalue weighted by Crippen LogP contribution is -2.14. The van der Waals surface area contributed by atoms with Crippen LogP contribution in [0.4, 0.5) is 5.13 Å². The van der Waals surface area contributed by atoms with E-state index in [9.17, 15) is 4.79 Å². The van der Waals surface area contributed by atoms with E-state index in [-0.39, 0.29) is 11.7 Å². The number of nitrogens with zero attached hydrogens (tertiary/aromatic N) is 4. The Bertz CT molecular complexity index is 1160. The molecule has 0 atom stereocenters. The quantitative estimate of drug-likeness (QED) is 0.350. The van der Waals surface area contributed by atoms with Crippen LogP contribution in [0.5, 0.6) is 0 Å². The number of aromatic nitrogens is 4. The molecule has 0 aliphatic heterocycles. The molecule has 0 aliphatic rings. The SMILES string of the molecule is CCn1c(Cc2ccccc2)nnc1SCC(=O)Nc1nc(-c2ccc(Cl)cc2)cs1. The van der Waals surface area contributed by atoms with Crippen molar-refractivity contribution in [3.05, 3.63) is 76.4 Å². The zero-order chi connectivity index (χ0) is 21.6. The normalized spacial score (nSPS) is 10.9. The van der Waals surface area contributed by atoms with Crippen molar-refractivity contribution in [3.63, 3.8) is 0 Å². The number of halogens is 1. The second-order valence-corrected chi connectivity index (χ2v) is 8.92. The molecule has 0 bridgehead atoms. The summed E-state index contributed by atoms with van der Waals surface area (Å²) in [5.41, 5.74) is 2.94. The first kappa shape index (κ1) is 21.5. The molecule has 1 N–H and O–H groups in total. The summed E-state index contributed by atoms with van der Waals surface area (Å²) < 4.78 is 2.05. The fourth-order valence-electron chi connectivity index (χ4n) is 3.02. The number of anilines is 1. The van der Waals surface area contributed by atoms with Gasteiger partial charge < -0.3 is 9.88 Å². The van der Waals surface area contributed by atoms with Gasteiger partial charge in [0, 0.05) is 28.9 Å². The van der Waals surface area contributed by atoms with Crippen molar-refractivity contribution in [3.8, 4) is 11.3 Å². The molecule has 0 saturated carbocycles. The molecule has 158 valence electrons. The molecule has 31 heavy (non-hydrogen) atoms. The summed E-state index contributed by atoms with van der Waals surface area (Å²) >= 11 is 8.70. The van der Waals surface area contributed by atoms with Crippen molar-refractivity contribution in [1.29, 1.82) is 0 Å². The Kier molecular flexibility index (Phi) is 7.01. The predicted octanol–water partition coefficient (Wildman–Crippen LogP) is 5.40. The zero-order valence-corrected chi connectivity index (χ0v) is 19.2. The summed E-state index contributed by atoms with van der Waals surface area (Å²) in [6.07, 6.45) is 0.709. The molecule has 4 rings (SSSR count). The summed E-state index contributed by atoms with van der Waals surface area (Å²) in [5.74, 6) is 1.00. The number of thiazole rings is 1. The Hall–Kier alpha value is -2.68. The van der Waals surface area contributed by atoms with Gasteiger partial charge in [-0.1, -0.05) is 65.8 Å². The summed E-state index contributed by atoms with van der Waals surface area (Å²) in [6.45, 7) is 2.80. The minimum atomic E-state index is -0.128. The number of rotatable bonds is 8. The van der Waals surface area contributed by atoms with E-state index in [2.05, 4.69) is 39.6 Å². The molecule has 2 aromatic carbocycles. The van der Waals surface area contributed by atoms with Crippen LogP contribution in [0.3, 0.4) is 0 Å². The van der Waals surface area contributed by atoms with E-state index in [1.807, 2.05) is 52.4 Å². The Morgan fingerprint density at radius 1 is 1.13 bits per heavy atom. The van der Waals surface area contributed by atoms with Crippen molar-refractivity contribution in [2.24, 2.45) is 0 Å². The number of carbonyl (C=O) groups is 1. The highest BCUT2D eigenvalue weighted by Gasteiger charge is 2.14. The number of carbonyl (C=O) groups excluding carboxylic acids is 1. The number of hydrogen-bond acceptors (Lipinski definition) is 6. The topological polar surface area (TPSA) is 72.7 Å². The average molecular weight is 470 g/mol. The molecular weight excluding hydrogens is 450 g/mol. The summed E-state index contributed by atoms with van der Waals surface area (Å²) in [5, 5.41) is 15.4. The fourth-order valence-corrected chi connectivity index (χ4v) is 4.71. The van der Waals surface area contributed by atoms with Gasteiger partial charge in [0.15, 0.2) is 10.3 Å². The monoisotopic (exact) mass is 469 g/mol. The van der Waals surface area contributed by atoms with Gasteiger partial charge in [0.2, 0.25) is 5.91 Å². The molecule has 4 aromatic rings. The second-order valence-electron chi connectivity index (χ2n) is 6.69. The molecule has 1 amide bonds. The van der Waals surface area contributed by atoms with E-state index in [4.69, 9.17) is 11.6 Å². The first-order valence-electron chi connectivity index (χ1n) is 9.72.